The Hall–Kier alpha value is -2.84. The van der Waals surface area contributed by atoms with Gasteiger partial charge in [-0.15, -0.1) is 0 Å². The number of hydrogen-bond acceptors (Lipinski definition) is 4. The van der Waals surface area contributed by atoms with Gasteiger partial charge in [0.05, 0.1) is 13.2 Å². The molecule has 0 saturated carbocycles. The van der Waals surface area contributed by atoms with Crippen molar-refractivity contribution in [3.63, 3.8) is 0 Å². The molecule has 32 heavy (non-hydrogen) atoms. The summed E-state index contributed by atoms with van der Waals surface area (Å²) in [4.78, 5) is 31.7. The van der Waals surface area contributed by atoms with Crippen LogP contribution in [0.25, 0.3) is 0 Å². The lowest BCUT2D eigenvalue weighted by molar-refractivity contribution is -0.136. The van der Waals surface area contributed by atoms with Crippen LogP contribution in [-0.2, 0) is 22.6 Å². The van der Waals surface area contributed by atoms with E-state index in [0.717, 1.165) is 11.6 Å². The average Bonchev–Trinajstić information content (AvgIpc) is 2.97. The first-order valence-electron chi connectivity index (χ1n) is 10.8. The second-order valence-electron chi connectivity index (χ2n) is 8.35. The molecule has 3 amide bonds. The van der Waals surface area contributed by atoms with E-state index in [2.05, 4.69) is 0 Å². The van der Waals surface area contributed by atoms with Gasteiger partial charge in [0.2, 0.25) is 0 Å². The van der Waals surface area contributed by atoms with Crippen molar-refractivity contribution < 1.29 is 23.1 Å². The van der Waals surface area contributed by atoms with Crippen LogP contribution in [0.2, 0.25) is 0 Å². The SMILES string of the molecule is COCCN1C(=O)N(Cc2ccccc2)C2(CCN(Cc3ccc(F)cc3F)CC2)C1=O. The van der Waals surface area contributed by atoms with E-state index >= 15 is 0 Å². The van der Waals surface area contributed by atoms with Gasteiger partial charge in [-0.1, -0.05) is 36.4 Å². The molecule has 0 radical (unpaired) electrons. The number of amides is 3. The van der Waals surface area contributed by atoms with Crippen LogP contribution in [0.4, 0.5) is 13.6 Å². The van der Waals surface area contributed by atoms with Gasteiger partial charge in [-0.25, -0.2) is 13.6 Å². The Morgan fingerprint density at radius 2 is 1.72 bits per heavy atom. The highest BCUT2D eigenvalue weighted by Gasteiger charge is 2.57. The Morgan fingerprint density at radius 3 is 2.38 bits per heavy atom. The maximum absolute atomic E-state index is 14.1. The normalized spacial score (nSPS) is 18.7. The fourth-order valence-electron chi connectivity index (χ4n) is 4.60. The van der Waals surface area contributed by atoms with E-state index in [1.807, 2.05) is 35.2 Å². The van der Waals surface area contributed by atoms with Crippen LogP contribution >= 0.6 is 0 Å². The van der Waals surface area contributed by atoms with Crippen molar-refractivity contribution in [2.24, 2.45) is 0 Å². The number of halogens is 2. The summed E-state index contributed by atoms with van der Waals surface area (Å²) in [6, 6.07) is 12.9. The predicted molar refractivity (Wildman–Crippen MR) is 115 cm³/mol. The molecule has 2 aromatic rings. The summed E-state index contributed by atoms with van der Waals surface area (Å²) in [6.07, 6.45) is 0.910. The molecule has 2 heterocycles. The van der Waals surface area contributed by atoms with Crippen LogP contribution in [0.5, 0.6) is 0 Å². The van der Waals surface area contributed by atoms with Crippen LogP contribution in [0, 0.1) is 11.6 Å². The van der Waals surface area contributed by atoms with Crippen molar-refractivity contribution in [2.75, 3.05) is 33.4 Å². The number of ether oxygens (including phenoxy) is 1. The second kappa shape index (κ2) is 9.34. The first-order valence-corrected chi connectivity index (χ1v) is 10.8. The third kappa shape index (κ3) is 4.25. The van der Waals surface area contributed by atoms with Gasteiger partial charge < -0.3 is 9.64 Å². The quantitative estimate of drug-likeness (QED) is 0.616. The molecule has 0 N–H and O–H groups in total. The zero-order chi connectivity index (χ0) is 22.7. The van der Waals surface area contributed by atoms with E-state index in [9.17, 15) is 18.4 Å². The van der Waals surface area contributed by atoms with E-state index in [1.54, 1.807) is 4.90 Å². The molecule has 0 aliphatic carbocycles. The lowest BCUT2D eigenvalue weighted by atomic mass is 9.85. The van der Waals surface area contributed by atoms with E-state index in [1.165, 1.54) is 24.1 Å². The van der Waals surface area contributed by atoms with Crippen molar-refractivity contribution >= 4 is 11.9 Å². The molecule has 6 nitrogen and oxygen atoms in total. The maximum Gasteiger partial charge on any atom is 0.328 e. The highest BCUT2D eigenvalue weighted by atomic mass is 19.1. The molecule has 2 aliphatic rings. The lowest BCUT2D eigenvalue weighted by Gasteiger charge is -2.42. The van der Waals surface area contributed by atoms with Crippen molar-refractivity contribution in [3.05, 3.63) is 71.3 Å². The van der Waals surface area contributed by atoms with Crippen molar-refractivity contribution in [1.82, 2.24) is 14.7 Å². The Bertz CT molecular complexity index is 978. The summed E-state index contributed by atoms with van der Waals surface area (Å²) in [7, 11) is 1.54. The first kappa shape index (κ1) is 22.4. The van der Waals surface area contributed by atoms with E-state index in [0.29, 0.717) is 44.6 Å². The summed E-state index contributed by atoms with van der Waals surface area (Å²) in [5, 5.41) is 0. The minimum atomic E-state index is -0.918. The van der Waals surface area contributed by atoms with Gasteiger partial charge in [-0.05, 0) is 24.5 Å². The molecule has 4 rings (SSSR count). The predicted octanol–water partition coefficient (Wildman–Crippen LogP) is 3.41. The minimum Gasteiger partial charge on any atom is -0.383 e. The number of carbonyl (C=O) groups is 2. The lowest BCUT2D eigenvalue weighted by Crippen LogP contribution is -2.56. The number of hydrogen-bond donors (Lipinski definition) is 0. The number of nitrogens with zero attached hydrogens (tertiary/aromatic N) is 3. The highest BCUT2D eigenvalue weighted by Crippen LogP contribution is 2.38. The number of imide groups is 1. The van der Waals surface area contributed by atoms with E-state index in [4.69, 9.17) is 4.74 Å². The molecule has 2 aliphatic heterocycles. The van der Waals surface area contributed by atoms with Crippen molar-refractivity contribution in [1.29, 1.82) is 0 Å². The van der Waals surface area contributed by atoms with Crippen molar-refractivity contribution in [2.45, 2.75) is 31.5 Å². The average molecular weight is 443 g/mol. The zero-order valence-electron chi connectivity index (χ0n) is 18.1. The number of urea groups is 1. The minimum absolute atomic E-state index is 0.192. The number of rotatable bonds is 7. The number of methoxy groups -OCH3 is 1. The van der Waals surface area contributed by atoms with Crippen molar-refractivity contribution in [3.8, 4) is 0 Å². The van der Waals surface area contributed by atoms with Crippen LogP contribution in [0.15, 0.2) is 48.5 Å². The molecular formula is C24H27F2N3O3. The molecule has 0 atom stereocenters. The van der Waals surface area contributed by atoms with Crippen LogP contribution in [-0.4, -0.2) is 65.5 Å². The molecule has 8 heteroatoms. The van der Waals surface area contributed by atoms with Crippen LogP contribution < -0.4 is 0 Å². The number of carbonyl (C=O) groups excluding carboxylic acids is 2. The Kier molecular flexibility index (Phi) is 6.53. The molecule has 170 valence electrons. The summed E-state index contributed by atoms with van der Waals surface area (Å²) in [5.41, 5.74) is 0.454. The molecule has 0 bridgehead atoms. The van der Waals surface area contributed by atoms with Gasteiger partial charge in [-0.2, -0.15) is 0 Å². The van der Waals surface area contributed by atoms with Gasteiger partial charge in [0.15, 0.2) is 0 Å². The second-order valence-corrected chi connectivity index (χ2v) is 8.35. The first-order chi connectivity index (χ1) is 15.4. The molecule has 1 spiro atoms. The molecule has 0 aromatic heterocycles. The van der Waals surface area contributed by atoms with E-state index in [-0.39, 0.29) is 25.1 Å². The summed E-state index contributed by atoms with van der Waals surface area (Å²) < 4.78 is 32.4. The Morgan fingerprint density at radius 1 is 1.00 bits per heavy atom. The number of likely N-dealkylation sites (tertiary alicyclic amines) is 1. The fraction of sp³-hybridized carbons (Fsp3) is 0.417. The summed E-state index contributed by atoms with van der Waals surface area (Å²) in [6.45, 7) is 2.23. The third-order valence-corrected chi connectivity index (χ3v) is 6.42. The zero-order valence-corrected chi connectivity index (χ0v) is 18.1. The topological polar surface area (TPSA) is 53.1 Å². The Balaban J connectivity index is 1.53. The Labute approximate surface area is 186 Å². The largest absolute Gasteiger partial charge is 0.383 e. The molecule has 2 fully saturated rings. The van der Waals surface area contributed by atoms with Gasteiger partial charge in [0.1, 0.15) is 17.2 Å². The highest BCUT2D eigenvalue weighted by molar-refractivity contribution is 6.07. The van der Waals surface area contributed by atoms with Gasteiger partial charge in [-0.3, -0.25) is 14.6 Å². The smallest absolute Gasteiger partial charge is 0.328 e. The number of piperidine rings is 1. The summed E-state index contributed by atoms with van der Waals surface area (Å²) in [5.74, 6) is -1.37. The monoisotopic (exact) mass is 443 g/mol. The summed E-state index contributed by atoms with van der Waals surface area (Å²) >= 11 is 0. The molecule has 2 aromatic carbocycles. The van der Waals surface area contributed by atoms with E-state index < -0.39 is 17.2 Å². The van der Waals surface area contributed by atoms with Crippen LogP contribution in [0.3, 0.4) is 0 Å². The fourth-order valence-corrected chi connectivity index (χ4v) is 4.60. The molecular weight excluding hydrogens is 416 g/mol. The maximum atomic E-state index is 14.1. The third-order valence-electron chi connectivity index (χ3n) is 6.42. The van der Waals surface area contributed by atoms with Gasteiger partial charge in [0.25, 0.3) is 5.91 Å². The van der Waals surface area contributed by atoms with Gasteiger partial charge in [0, 0.05) is 44.9 Å². The molecule has 2 saturated heterocycles. The van der Waals surface area contributed by atoms with Gasteiger partial charge >= 0.3 is 6.03 Å². The molecule has 0 unspecified atom stereocenters. The number of benzene rings is 2. The standard InChI is InChI=1S/C24H27F2N3O3/c1-32-14-13-28-22(30)24(29(23(28)31)16-18-5-3-2-4-6-18)9-11-27(12-10-24)17-19-7-8-20(25)15-21(19)26/h2-8,15H,9-14,16-17H2,1H3. The van der Waals surface area contributed by atoms with Crippen LogP contribution in [0.1, 0.15) is 24.0 Å².